The van der Waals surface area contributed by atoms with Crippen molar-refractivity contribution in [2.24, 2.45) is 4.99 Å². The third-order valence-corrected chi connectivity index (χ3v) is 2.78. The molecule has 3 rings (SSSR count). The van der Waals surface area contributed by atoms with E-state index in [1.165, 1.54) is 16.5 Å². The Labute approximate surface area is 88.2 Å². The zero-order valence-electron chi connectivity index (χ0n) is 8.46. The van der Waals surface area contributed by atoms with Gasteiger partial charge in [0.15, 0.2) is 0 Å². The first kappa shape index (κ1) is 8.53. The first-order chi connectivity index (χ1) is 7.43. The Morgan fingerprint density at radius 3 is 3.07 bits per heavy atom. The average molecular weight is 199 g/mol. The minimum Gasteiger partial charge on any atom is -0.372 e. The molecule has 15 heavy (non-hydrogen) atoms. The number of H-pyrrole nitrogens is 1. The fourth-order valence-electron chi connectivity index (χ4n) is 2.02. The molecule has 1 aliphatic heterocycles. The van der Waals surface area contributed by atoms with Gasteiger partial charge in [-0.05, 0) is 11.6 Å². The van der Waals surface area contributed by atoms with E-state index >= 15 is 0 Å². The van der Waals surface area contributed by atoms with Gasteiger partial charge in [-0.25, -0.2) is 0 Å². The van der Waals surface area contributed by atoms with Crippen molar-refractivity contribution in [3.05, 3.63) is 36.0 Å². The summed E-state index contributed by atoms with van der Waals surface area (Å²) in [6.07, 6.45) is 2.98. The fourth-order valence-corrected chi connectivity index (χ4v) is 2.02. The van der Waals surface area contributed by atoms with Gasteiger partial charge in [-0.1, -0.05) is 18.2 Å². The molecule has 1 aromatic heterocycles. The summed E-state index contributed by atoms with van der Waals surface area (Å²) in [4.78, 5) is 7.69. The van der Waals surface area contributed by atoms with Crippen LogP contribution in [0, 0.1) is 0 Å². The zero-order chi connectivity index (χ0) is 10.1. The standard InChI is InChI=1S/C12H13N3/c1-2-4-11-10(3-1)9(8-15-11)7-12-13-5-6-14-12/h1-4,8,15H,5-7H2,(H,13,14). The van der Waals surface area contributed by atoms with Crippen LogP contribution < -0.4 is 5.32 Å². The van der Waals surface area contributed by atoms with Gasteiger partial charge in [0.2, 0.25) is 0 Å². The number of fused-ring (bicyclic) bond motifs is 1. The number of amidine groups is 1. The molecule has 0 fully saturated rings. The van der Waals surface area contributed by atoms with E-state index < -0.39 is 0 Å². The van der Waals surface area contributed by atoms with Crippen LogP contribution in [0.4, 0.5) is 0 Å². The molecule has 0 atom stereocenters. The Hall–Kier alpha value is -1.77. The molecule has 3 nitrogen and oxygen atoms in total. The van der Waals surface area contributed by atoms with Crippen LogP contribution in [0.15, 0.2) is 35.5 Å². The van der Waals surface area contributed by atoms with Crippen LogP contribution in [-0.4, -0.2) is 23.9 Å². The Balaban J connectivity index is 1.97. The van der Waals surface area contributed by atoms with Gasteiger partial charge in [0.1, 0.15) is 5.84 Å². The Bertz CT molecular complexity index is 510. The van der Waals surface area contributed by atoms with Crippen LogP contribution in [0.5, 0.6) is 0 Å². The van der Waals surface area contributed by atoms with E-state index in [0.29, 0.717) is 0 Å². The van der Waals surface area contributed by atoms with Crippen LogP contribution in [0.3, 0.4) is 0 Å². The van der Waals surface area contributed by atoms with Crippen molar-refractivity contribution in [3.8, 4) is 0 Å². The number of nitrogens with one attached hydrogen (secondary N) is 2. The molecule has 0 saturated heterocycles. The van der Waals surface area contributed by atoms with Crippen LogP contribution in [0.25, 0.3) is 10.9 Å². The van der Waals surface area contributed by atoms with E-state index in [9.17, 15) is 0 Å². The van der Waals surface area contributed by atoms with Crippen molar-refractivity contribution in [2.75, 3.05) is 13.1 Å². The van der Waals surface area contributed by atoms with Gasteiger partial charge in [0.05, 0.1) is 6.54 Å². The SMILES string of the molecule is c1ccc2c(CC3=NCCN3)c[nH]c2c1. The summed E-state index contributed by atoms with van der Waals surface area (Å²) in [7, 11) is 0. The lowest BCUT2D eigenvalue weighted by Crippen LogP contribution is -2.20. The maximum absolute atomic E-state index is 4.41. The van der Waals surface area contributed by atoms with E-state index in [-0.39, 0.29) is 0 Å². The van der Waals surface area contributed by atoms with Gasteiger partial charge in [-0.2, -0.15) is 0 Å². The molecular weight excluding hydrogens is 186 g/mol. The molecule has 2 aromatic rings. The first-order valence-corrected chi connectivity index (χ1v) is 5.26. The largest absolute Gasteiger partial charge is 0.372 e. The molecule has 1 aromatic carbocycles. The lowest BCUT2D eigenvalue weighted by molar-refractivity contribution is 0.953. The highest BCUT2D eigenvalue weighted by atomic mass is 15.1. The summed E-state index contributed by atoms with van der Waals surface area (Å²) in [5.74, 6) is 1.11. The fraction of sp³-hybridized carbons (Fsp3) is 0.250. The van der Waals surface area contributed by atoms with Crippen LogP contribution in [-0.2, 0) is 6.42 Å². The molecule has 0 radical (unpaired) electrons. The maximum atomic E-state index is 4.41. The number of benzene rings is 1. The van der Waals surface area contributed by atoms with Gasteiger partial charge >= 0.3 is 0 Å². The number of nitrogens with zero attached hydrogens (tertiary/aromatic N) is 1. The maximum Gasteiger partial charge on any atom is 0.101 e. The van der Waals surface area contributed by atoms with Crippen molar-refractivity contribution >= 4 is 16.7 Å². The summed E-state index contributed by atoms with van der Waals surface area (Å²) in [6.45, 7) is 1.90. The predicted octanol–water partition coefficient (Wildman–Crippen LogP) is 1.71. The van der Waals surface area contributed by atoms with Gasteiger partial charge in [-0.3, -0.25) is 4.99 Å². The van der Waals surface area contributed by atoms with Gasteiger partial charge < -0.3 is 10.3 Å². The summed E-state index contributed by atoms with van der Waals surface area (Å²) in [6, 6.07) is 8.37. The van der Waals surface area contributed by atoms with E-state index in [0.717, 1.165) is 25.3 Å². The molecule has 0 bridgehead atoms. The molecule has 0 aliphatic carbocycles. The Kier molecular flexibility index (Phi) is 1.95. The minimum atomic E-state index is 0.907. The lowest BCUT2D eigenvalue weighted by atomic mass is 10.1. The Morgan fingerprint density at radius 2 is 2.20 bits per heavy atom. The molecule has 2 N–H and O–H groups in total. The highest BCUT2D eigenvalue weighted by Gasteiger charge is 2.09. The molecule has 3 heteroatoms. The molecule has 1 aliphatic rings. The van der Waals surface area contributed by atoms with Crippen molar-refractivity contribution in [1.82, 2.24) is 10.3 Å². The molecule has 0 spiro atoms. The summed E-state index contributed by atoms with van der Waals surface area (Å²) in [5, 5.41) is 4.60. The van der Waals surface area contributed by atoms with E-state index in [4.69, 9.17) is 0 Å². The number of hydrogen-bond acceptors (Lipinski definition) is 2. The molecule has 76 valence electrons. The van der Waals surface area contributed by atoms with Crippen LogP contribution in [0.1, 0.15) is 5.56 Å². The van der Waals surface area contributed by atoms with Gasteiger partial charge in [0.25, 0.3) is 0 Å². The molecular formula is C12H13N3. The lowest BCUT2D eigenvalue weighted by Gasteiger charge is -2.00. The van der Waals surface area contributed by atoms with Crippen LogP contribution in [0.2, 0.25) is 0 Å². The quantitative estimate of drug-likeness (QED) is 0.759. The summed E-state index contributed by atoms with van der Waals surface area (Å²) >= 11 is 0. The topological polar surface area (TPSA) is 40.2 Å². The third kappa shape index (κ3) is 1.50. The van der Waals surface area contributed by atoms with Crippen LogP contribution >= 0.6 is 0 Å². The second kappa shape index (κ2) is 3.42. The highest BCUT2D eigenvalue weighted by Crippen LogP contribution is 2.18. The van der Waals surface area contributed by atoms with Crippen molar-refractivity contribution in [3.63, 3.8) is 0 Å². The van der Waals surface area contributed by atoms with Gasteiger partial charge in [-0.15, -0.1) is 0 Å². The molecule has 0 amide bonds. The number of hydrogen-bond donors (Lipinski definition) is 2. The normalized spacial score (nSPS) is 15.3. The van der Waals surface area contributed by atoms with E-state index in [1.807, 2.05) is 6.07 Å². The third-order valence-electron chi connectivity index (χ3n) is 2.78. The minimum absolute atomic E-state index is 0.907. The van der Waals surface area contributed by atoms with Gasteiger partial charge in [0, 0.05) is 30.1 Å². The Morgan fingerprint density at radius 1 is 1.27 bits per heavy atom. The monoisotopic (exact) mass is 199 g/mol. The second-order valence-corrected chi connectivity index (χ2v) is 3.79. The average Bonchev–Trinajstić information content (AvgIpc) is 2.89. The van der Waals surface area contributed by atoms with E-state index in [1.54, 1.807) is 0 Å². The molecule has 0 saturated carbocycles. The number of aromatic amines is 1. The second-order valence-electron chi connectivity index (χ2n) is 3.79. The summed E-state index contributed by atoms with van der Waals surface area (Å²) < 4.78 is 0. The molecule has 2 heterocycles. The van der Waals surface area contributed by atoms with E-state index in [2.05, 4.69) is 39.7 Å². The number of para-hydroxylation sites is 1. The van der Waals surface area contributed by atoms with Crippen molar-refractivity contribution in [2.45, 2.75) is 6.42 Å². The van der Waals surface area contributed by atoms with Crippen molar-refractivity contribution in [1.29, 1.82) is 0 Å². The predicted molar refractivity (Wildman–Crippen MR) is 62.3 cm³/mol. The highest BCUT2D eigenvalue weighted by molar-refractivity contribution is 5.91. The number of aliphatic imine (C=N–C) groups is 1. The number of aromatic nitrogens is 1. The first-order valence-electron chi connectivity index (χ1n) is 5.26. The molecule has 0 unspecified atom stereocenters. The summed E-state index contributed by atoms with van der Waals surface area (Å²) in [5.41, 5.74) is 2.52. The smallest absolute Gasteiger partial charge is 0.101 e. The number of rotatable bonds is 2. The van der Waals surface area contributed by atoms with Crippen molar-refractivity contribution < 1.29 is 0 Å². The zero-order valence-corrected chi connectivity index (χ0v) is 8.46.